The SMILES string of the molecule is C[C@H](Cc1ccc(Br)cc1)NC(=O)c1ccoc1. The molecular formula is C14H14BrNO2. The molecule has 0 aliphatic carbocycles. The van der Waals surface area contributed by atoms with Crippen LogP contribution in [0.2, 0.25) is 0 Å². The lowest BCUT2D eigenvalue weighted by atomic mass is 10.1. The van der Waals surface area contributed by atoms with Crippen molar-refractivity contribution in [2.75, 3.05) is 0 Å². The molecule has 1 aromatic heterocycles. The van der Waals surface area contributed by atoms with Gasteiger partial charge in [-0.15, -0.1) is 0 Å². The Balaban J connectivity index is 1.90. The topological polar surface area (TPSA) is 42.2 Å². The van der Waals surface area contributed by atoms with Gasteiger partial charge in [0.1, 0.15) is 6.26 Å². The van der Waals surface area contributed by atoms with Crippen LogP contribution < -0.4 is 5.32 Å². The highest BCUT2D eigenvalue weighted by Gasteiger charge is 2.11. The van der Waals surface area contributed by atoms with Crippen LogP contribution in [-0.2, 0) is 6.42 Å². The summed E-state index contributed by atoms with van der Waals surface area (Å²) in [4.78, 5) is 11.8. The van der Waals surface area contributed by atoms with Crippen molar-refractivity contribution in [1.82, 2.24) is 5.32 Å². The van der Waals surface area contributed by atoms with Gasteiger partial charge >= 0.3 is 0 Å². The molecule has 2 rings (SSSR count). The minimum absolute atomic E-state index is 0.0774. The summed E-state index contributed by atoms with van der Waals surface area (Å²) >= 11 is 3.40. The van der Waals surface area contributed by atoms with E-state index in [2.05, 4.69) is 21.2 Å². The fourth-order valence-electron chi connectivity index (χ4n) is 1.73. The number of carbonyl (C=O) groups is 1. The third-order valence-corrected chi connectivity index (χ3v) is 3.14. The summed E-state index contributed by atoms with van der Waals surface area (Å²) in [6, 6.07) is 9.82. The van der Waals surface area contributed by atoms with E-state index in [0.717, 1.165) is 10.9 Å². The highest BCUT2D eigenvalue weighted by molar-refractivity contribution is 9.10. The van der Waals surface area contributed by atoms with Crippen LogP contribution >= 0.6 is 15.9 Å². The molecule has 0 saturated carbocycles. The van der Waals surface area contributed by atoms with E-state index in [1.54, 1.807) is 6.07 Å². The van der Waals surface area contributed by atoms with Gasteiger partial charge in [-0.05, 0) is 37.1 Å². The molecule has 3 nitrogen and oxygen atoms in total. The molecule has 0 saturated heterocycles. The van der Waals surface area contributed by atoms with Crippen LogP contribution in [-0.4, -0.2) is 11.9 Å². The normalized spacial score (nSPS) is 12.1. The molecule has 4 heteroatoms. The number of amides is 1. The smallest absolute Gasteiger partial charge is 0.254 e. The van der Waals surface area contributed by atoms with Crippen LogP contribution in [0, 0.1) is 0 Å². The Kier molecular flexibility index (Phi) is 4.20. The van der Waals surface area contributed by atoms with E-state index in [9.17, 15) is 4.79 Å². The fourth-order valence-corrected chi connectivity index (χ4v) is 1.99. The Hall–Kier alpha value is -1.55. The van der Waals surface area contributed by atoms with Crippen LogP contribution in [0.4, 0.5) is 0 Å². The van der Waals surface area contributed by atoms with Crippen LogP contribution in [0.15, 0.2) is 51.7 Å². The van der Waals surface area contributed by atoms with Gasteiger partial charge in [-0.2, -0.15) is 0 Å². The Morgan fingerprint density at radius 3 is 2.67 bits per heavy atom. The van der Waals surface area contributed by atoms with Crippen molar-refractivity contribution in [3.05, 3.63) is 58.5 Å². The van der Waals surface area contributed by atoms with Crippen molar-refractivity contribution in [3.63, 3.8) is 0 Å². The van der Waals surface area contributed by atoms with Gasteiger partial charge in [-0.3, -0.25) is 4.79 Å². The van der Waals surface area contributed by atoms with Crippen molar-refractivity contribution in [3.8, 4) is 0 Å². The van der Waals surface area contributed by atoms with Gasteiger partial charge in [-0.1, -0.05) is 28.1 Å². The molecule has 1 aromatic carbocycles. The molecule has 1 N–H and O–H groups in total. The average Bonchev–Trinajstić information content (AvgIpc) is 2.85. The molecular weight excluding hydrogens is 294 g/mol. The number of hydrogen-bond donors (Lipinski definition) is 1. The van der Waals surface area contributed by atoms with E-state index in [1.807, 2.05) is 31.2 Å². The molecule has 1 heterocycles. The maximum absolute atomic E-state index is 11.8. The lowest BCUT2D eigenvalue weighted by Crippen LogP contribution is -2.33. The van der Waals surface area contributed by atoms with Crippen molar-refractivity contribution in [2.24, 2.45) is 0 Å². The Morgan fingerprint density at radius 1 is 1.33 bits per heavy atom. The summed E-state index contributed by atoms with van der Waals surface area (Å²) in [6.45, 7) is 1.99. The van der Waals surface area contributed by atoms with Crippen molar-refractivity contribution in [2.45, 2.75) is 19.4 Å². The molecule has 1 amide bonds. The van der Waals surface area contributed by atoms with E-state index in [0.29, 0.717) is 5.56 Å². The largest absolute Gasteiger partial charge is 0.472 e. The van der Waals surface area contributed by atoms with Gasteiger partial charge in [0, 0.05) is 10.5 Å². The Bertz CT molecular complexity index is 505. The van der Waals surface area contributed by atoms with E-state index in [1.165, 1.54) is 18.1 Å². The third kappa shape index (κ3) is 3.47. The zero-order valence-electron chi connectivity index (χ0n) is 10.0. The monoisotopic (exact) mass is 307 g/mol. The summed E-state index contributed by atoms with van der Waals surface area (Å²) in [7, 11) is 0. The summed E-state index contributed by atoms with van der Waals surface area (Å²) in [5, 5.41) is 2.93. The second kappa shape index (κ2) is 5.87. The van der Waals surface area contributed by atoms with Crippen LogP contribution in [0.3, 0.4) is 0 Å². The number of rotatable bonds is 4. The van der Waals surface area contributed by atoms with Gasteiger partial charge in [0.25, 0.3) is 5.91 Å². The molecule has 0 aliphatic rings. The number of hydrogen-bond acceptors (Lipinski definition) is 2. The zero-order chi connectivity index (χ0) is 13.0. The van der Waals surface area contributed by atoms with Crippen molar-refractivity contribution >= 4 is 21.8 Å². The number of benzene rings is 1. The number of furan rings is 1. The zero-order valence-corrected chi connectivity index (χ0v) is 11.6. The molecule has 0 bridgehead atoms. The minimum atomic E-state index is -0.103. The first kappa shape index (κ1) is 12.9. The molecule has 1 atom stereocenters. The van der Waals surface area contributed by atoms with Crippen LogP contribution in [0.5, 0.6) is 0 Å². The fraction of sp³-hybridized carbons (Fsp3) is 0.214. The van der Waals surface area contributed by atoms with Crippen LogP contribution in [0.25, 0.3) is 0 Å². The minimum Gasteiger partial charge on any atom is -0.472 e. The maximum Gasteiger partial charge on any atom is 0.254 e. The quantitative estimate of drug-likeness (QED) is 0.940. The maximum atomic E-state index is 11.8. The third-order valence-electron chi connectivity index (χ3n) is 2.62. The summed E-state index contributed by atoms with van der Waals surface area (Å²) in [5.41, 5.74) is 1.75. The Morgan fingerprint density at radius 2 is 2.06 bits per heavy atom. The van der Waals surface area contributed by atoms with E-state index >= 15 is 0 Å². The first-order valence-electron chi connectivity index (χ1n) is 5.72. The standard InChI is InChI=1S/C14H14BrNO2/c1-10(8-11-2-4-13(15)5-3-11)16-14(17)12-6-7-18-9-12/h2-7,9-10H,8H2,1H3,(H,16,17)/t10-/m1/s1. The molecule has 0 radical (unpaired) electrons. The van der Waals surface area contributed by atoms with Gasteiger partial charge in [-0.25, -0.2) is 0 Å². The Labute approximate surface area is 114 Å². The van der Waals surface area contributed by atoms with Gasteiger partial charge in [0.05, 0.1) is 11.8 Å². The predicted octanol–water partition coefficient (Wildman–Crippen LogP) is 3.40. The summed E-state index contributed by atoms with van der Waals surface area (Å²) < 4.78 is 5.94. The number of carbonyl (C=O) groups excluding carboxylic acids is 1. The van der Waals surface area contributed by atoms with E-state index in [-0.39, 0.29) is 11.9 Å². The second-order valence-corrected chi connectivity index (χ2v) is 5.13. The van der Waals surface area contributed by atoms with E-state index < -0.39 is 0 Å². The molecule has 18 heavy (non-hydrogen) atoms. The van der Waals surface area contributed by atoms with Gasteiger partial charge in [0.2, 0.25) is 0 Å². The van der Waals surface area contributed by atoms with Crippen molar-refractivity contribution in [1.29, 1.82) is 0 Å². The summed E-state index contributed by atoms with van der Waals surface area (Å²) in [6.07, 6.45) is 3.74. The van der Waals surface area contributed by atoms with Crippen molar-refractivity contribution < 1.29 is 9.21 Å². The highest BCUT2D eigenvalue weighted by Crippen LogP contribution is 2.12. The lowest BCUT2D eigenvalue weighted by molar-refractivity contribution is 0.0939. The summed E-state index contributed by atoms with van der Waals surface area (Å²) in [5.74, 6) is -0.103. The van der Waals surface area contributed by atoms with Crippen LogP contribution in [0.1, 0.15) is 22.8 Å². The molecule has 2 aromatic rings. The van der Waals surface area contributed by atoms with Gasteiger partial charge < -0.3 is 9.73 Å². The lowest BCUT2D eigenvalue weighted by Gasteiger charge is -2.13. The first-order valence-corrected chi connectivity index (χ1v) is 6.52. The first-order chi connectivity index (χ1) is 8.65. The van der Waals surface area contributed by atoms with E-state index in [4.69, 9.17) is 4.42 Å². The van der Waals surface area contributed by atoms with Gasteiger partial charge in [0.15, 0.2) is 0 Å². The predicted molar refractivity (Wildman–Crippen MR) is 73.5 cm³/mol. The molecule has 0 fully saturated rings. The molecule has 0 aliphatic heterocycles. The second-order valence-electron chi connectivity index (χ2n) is 4.22. The average molecular weight is 308 g/mol. The number of nitrogens with one attached hydrogen (secondary N) is 1. The molecule has 0 spiro atoms. The molecule has 94 valence electrons. The molecule has 0 unspecified atom stereocenters. The highest BCUT2D eigenvalue weighted by atomic mass is 79.9. The number of halogens is 1.